The zero-order valence-corrected chi connectivity index (χ0v) is 15.7. The number of unbranched alkanes of at least 4 members (excludes halogenated alkanes) is 9. The van der Waals surface area contributed by atoms with Gasteiger partial charge in [0, 0.05) is 12.1 Å². The minimum Gasteiger partial charge on any atom is -0.300 e. The van der Waals surface area contributed by atoms with E-state index in [2.05, 4.69) is 13.8 Å². The molecule has 1 rings (SSSR count). The summed E-state index contributed by atoms with van der Waals surface area (Å²) in [5.41, 5.74) is 0.638. The van der Waals surface area contributed by atoms with Gasteiger partial charge in [0.15, 0.2) is 11.5 Å². The van der Waals surface area contributed by atoms with E-state index in [1.165, 1.54) is 68.8 Å². The largest absolute Gasteiger partial charge is 0.300 e. The molecule has 1 nitrogen and oxygen atoms in total. The Morgan fingerprint density at radius 2 is 1.21 bits per heavy atom. The van der Waals surface area contributed by atoms with Crippen LogP contribution in [0.3, 0.4) is 0 Å². The molecule has 0 fully saturated rings. The van der Waals surface area contributed by atoms with Crippen LogP contribution in [0.2, 0.25) is 0 Å². The van der Waals surface area contributed by atoms with E-state index in [-0.39, 0.29) is 0 Å². The van der Waals surface area contributed by atoms with Crippen molar-refractivity contribution >= 4 is 5.69 Å². The van der Waals surface area contributed by atoms with Crippen molar-refractivity contribution in [2.24, 2.45) is 0 Å². The number of hydrogen-bond acceptors (Lipinski definition) is 0. The van der Waals surface area contributed by atoms with Gasteiger partial charge in [0.1, 0.15) is 5.82 Å². The third-order valence-electron chi connectivity index (χ3n) is 4.73. The van der Waals surface area contributed by atoms with Gasteiger partial charge in [-0.1, -0.05) is 58.8 Å². The van der Waals surface area contributed by atoms with Gasteiger partial charge >= 0.3 is 0 Å². The Morgan fingerprint density at radius 1 is 0.708 bits per heavy atom. The molecule has 1 unspecified atom stereocenters. The van der Waals surface area contributed by atoms with E-state index in [0.717, 1.165) is 32.0 Å². The van der Waals surface area contributed by atoms with Crippen LogP contribution >= 0.6 is 0 Å². The minimum absolute atomic E-state index is 0.400. The highest BCUT2D eigenvalue weighted by Gasteiger charge is 2.17. The zero-order chi connectivity index (χ0) is 17.6. The van der Waals surface area contributed by atoms with E-state index in [0.29, 0.717) is 5.69 Å². The monoisotopic (exact) mass is 340 g/mol. The molecule has 0 aliphatic heterocycles. The van der Waals surface area contributed by atoms with Crippen molar-refractivity contribution < 1.29 is 13.7 Å². The number of nitrogens with one attached hydrogen (secondary N) is 1. The molecule has 0 bridgehead atoms. The van der Waals surface area contributed by atoms with Crippen molar-refractivity contribution in [1.82, 2.24) is 0 Å². The number of rotatable bonds is 14. The summed E-state index contributed by atoms with van der Waals surface area (Å²) in [6.45, 7) is 6.32. The number of quaternary nitrogens is 1. The van der Waals surface area contributed by atoms with Crippen LogP contribution in [-0.2, 0) is 0 Å². The molecule has 138 valence electrons. The highest BCUT2D eigenvalue weighted by Crippen LogP contribution is 2.12. The van der Waals surface area contributed by atoms with Crippen LogP contribution in [0.25, 0.3) is 0 Å². The first-order valence-corrected chi connectivity index (χ1v) is 9.99. The maximum Gasteiger partial charge on any atom is 0.186 e. The van der Waals surface area contributed by atoms with Crippen LogP contribution in [0.1, 0.15) is 84.5 Å². The molecular weight excluding hydrogens is 304 g/mol. The predicted octanol–water partition coefficient (Wildman–Crippen LogP) is 5.81. The SMILES string of the molecule is CCCCCCCCC[NH+](CCCCCC)c1ccc(F)cc1F. The zero-order valence-electron chi connectivity index (χ0n) is 15.7. The third-order valence-corrected chi connectivity index (χ3v) is 4.73. The van der Waals surface area contributed by atoms with Gasteiger partial charge < -0.3 is 0 Å². The molecule has 1 N–H and O–H groups in total. The topological polar surface area (TPSA) is 4.44 Å². The second kappa shape index (κ2) is 13.3. The lowest BCUT2D eigenvalue weighted by Crippen LogP contribution is -3.07. The van der Waals surface area contributed by atoms with Gasteiger partial charge in [0.2, 0.25) is 0 Å². The summed E-state index contributed by atoms with van der Waals surface area (Å²) >= 11 is 0. The summed E-state index contributed by atoms with van der Waals surface area (Å²) in [6.07, 6.45) is 13.6. The van der Waals surface area contributed by atoms with E-state index in [9.17, 15) is 8.78 Å². The van der Waals surface area contributed by atoms with Crippen molar-refractivity contribution in [3.8, 4) is 0 Å². The fourth-order valence-electron chi connectivity index (χ4n) is 3.23. The Balaban J connectivity index is 2.45. The van der Waals surface area contributed by atoms with Gasteiger partial charge in [-0.3, -0.25) is 4.90 Å². The maximum absolute atomic E-state index is 14.1. The molecule has 0 aliphatic carbocycles. The average molecular weight is 341 g/mol. The molecule has 1 atom stereocenters. The molecule has 24 heavy (non-hydrogen) atoms. The Hall–Kier alpha value is -0.960. The Kier molecular flexibility index (Phi) is 11.7. The van der Waals surface area contributed by atoms with E-state index >= 15 is 0 Å². The molecule has 0 aliphatic rings. The molecular formula is C21H36F2N+. The van der Waals surface area contributed by atoms with Crippen LogP contribution in [0, 0.1) is 11.6 Å². The molecule has 0 aromatic heterocycles. The number of benzene rings is 1. The summed E-state index contributed by atoms with van der Waals surface area (Å²) in [5.74, 6) is -0.888. The van der Waals surface area contributed by atoms with E-state index < -0.39 is 11.6 Å². The molecule has 1 aromatic carbocycles. The average Bonchev–Trinajstić information content (AvgIpc) is 2.56. The first-order valence-electron chi connectivity index (χ1n) is 9.99. The molecule has 0 saturated heterocycles. The first kappa shape index (κ1) is 21.1. The van der Waals surface area contributed by atoms with Gasteiger partial charge in [-0.15, -0.1) is 0 Å². The standard InChI is InChI=1S/C21H35F2N/c1-3-5-7-9-10-11-13-17-24(16-12-8-6-4-2)21-15-14-19(22)18-20(21)23/h14-15,18H,3-13,16-17H2,1-2H3/p+1. The van der Waals surface area contributed by atoms with Gasteiger partial charge in [0.05, 0.1) is 13.1 Å². The summed E-state index contributed by atoms with van der Waals surface area (Å²) in [7, 11) is 0. The molecule has 0 heterocycles. The summed E-state index contributed by atoms with van der Waals surface area (Å²) in [5, 5.41) is 0. The lowest BCUT2D eigenvalue weighted by Gasteiger charge is -2.19. The van der Waals surface area contributed by atoms with Crippen LogP contribution in [0.4, 0.5) is 14.5 Å². The fraction of sp³-hybridized carbons (Fsp3) is 0.714. The van der Waals surface area contributed by atoms with Crippen molar-refractivity contribution in [2.45, 2.75) is 84.5 Å². The maximum atomic E-state index is 14.1. The lowest BCUT2D eigenvalue weighted by atomic mass is 10.1. The molecule has 0 radical (unpaired) electrons. The fourth-order valence-corrected chi connectivity index (χ4v) is 3.23. The molecule has 1 aromatic rings. The van der Waals surface area contributed by atoms with E-state index in [1.807, 2.05) is 0 Å². The molecule has 0 saturated carbocycles. The van der Waals surface area contributed by atoms with Crippen LogP contribution in [0.5, 0.6) is 0 Å². The number of hydrogen-bond donors (Lipinski definition) is 1. The molecule has 3 heteroatoms. The summed E-state index contributed by atoms with van der Waals surface area (Å²) < 4.78 is 27.3. The van der Waals surface area contributed by atoms with Gasteiger partial charge in [0.25, 0.3) is 0 Å². The molecule has 0 amide bonds. The van der Waals surface area contributed by atoms with Crippen molar-refractivity contribution in [2.75, 3.05) is 13.1 Å². The van der Waals surface area contributed by atoms with Crippen molar-refractivity contribution in [3.05, 3.63) is 29.8 Å². The third kappa shape index (κ3) is 8.77. The van der Waals surface area contributed by atoms with E-state index in [1.54, 1.807) is 6.07 Å². The highest BCUT2D eigenvalue weighted by atomic mass is 19.1. The number of halogens is 2. The lowest BCUT2D eigenvalue weighted by molar-refractivity contribution is -0.834. The first-order chi connectivity index (χ1) is 11.7. The van der Waals surface area contributed by atoms with E-state index in [4.69, 9.17) is 0 Å². The molecule has 0 spiro atoms. The van der Waals surface area contributed by atoms with Crippen molar-refractivity contribution in [1.29, 1.82) is 0 Å². The van der Waals surface area contributed by atoms with Crippen molar-refractivity contribution in [3.63, 3.8) is 0 Å². The second-order valence-corrected chi connectivity index (χ2v) is 6.91. The Labute approximate surface area is 147 Å². The predicted molar refractivity (Wildman–Crippen MR) is 98.8 cm³/mol. The van der Waals surface area contributed by atoms with Crippen LogP contribution in [0.15, 0.2) is 18.2 Å². The van der Waals surface area contributed by atoms with Crippen LogP contribution in [-0.4, -0.2) is 13.1 Å². The smallest absolute Gasteiger partial charge is 0.186 e. The van der Waals surface area contributed by atoms with Gasteiger partial charge in [-0.05, 0) is 31.7 Å². The second-order valence-electron chi connectivity index (χ2n) is 6.91. The summed E-state index contributed by atoms with van der Waals surface area (Å²) in [4.78, 5) is 1.18. The minimum atomic E-state index is -0.488. The van der Waals surface area contributed by atoms with Crippen LogP contribution < -0.4 is 4.90 Å². The van der Waals surface area contributed by atoms with Gasteiger partial charge in [-0.25, -0.2) is 8.78 Å². The highest BCUT2D eigenvalue weighted by molar-refractivity contribution is 5.31. The normalized spacial score (nSPS) is 12.5. The van der Waals surface area contributed by atoms with Gasteiger partial charge in [-0.2, -0.15) is 0 Å². The Morgan fingerprint density at radius 3 is 1.75 bits per heavy atom. The quantitative estimate of drug-likeness (QED) is 0.407. The Bertz CT molecular complexity index is 434. The summed E-state index contributed by atoms with van der Waals surface area (Å²) in [6, 6.07) is 4.03.